The normalized spacial score (nSPS) is 24.0. The van der Waals surface area contributed by atoms with Crippen molar-refractivity contribution in [2.45, 2.75) is 96.5 Å². The first-order valence-corrected chi connectivity index (χ1v) is 12.4. The monoisotopic (exact) mass is 458 g/mol. The average Bonchev–Trinajstić information content (AvgIpc) is 3.22. The number of carbonyl (C=O) groups is 3. The van der Waals surface area contributed by atoms with Crippen LogP contribution in [0.5, 0.6) is 0 Å². The van der Waals surface area contributed by atoms with E-state index in [1.807, 2.05) is 37.3 Å². The van der Waals surface area contributed by atoms with Crippen molar-refractivity contribution in [1.82, 2.24) is 10.2 Å². The Balaban J connectivity index is 1.72. The highest BCUT2D eigenvalue weighted by molar-refractivity contribution is 5.89. The van der Waals surface area contributed by atoms with Crippen LogP contribution in [0.1, 0.15) is 71.3 Å². The van der Waals surface area contributed by atoms with Crippen molar-refractivity contribution >= 4 is 17.8 Å². The predicted octanol–water partition coefficient (Wildman–Crippen LogP) is 3.60. The molecule has 1 saturated heterocycles. The largest absolute Gasteiger partial charge is 0.465 e. The van der Waals surface area contributed by atoms with E-state index in [0.29, 0.717) is 25.4 Å². The third kappa shape index (κ3) is 6.34. The zero-order valence-corrected chi connectivity index (χ0v) is 20.1. The summed E-state index contributed by atoms with van der Waals surface area (Å²) >= 11 is 0. The minimum absolute atomic E-state index is 0.0528. The van der Waals surface area contributed by atoms with E-state index in [1.54, 1.807) is 18.7 Å². The molecule has 7 heteroatoms. The van der Waals surface area contributed by atoms with E-state index >= 15 is 0 Å². The van der Waals surface area contributed by atoms with E-state index in [9.17, 15) is 14.4 Å². The van der Waals surface area contributed by atoms with Gasteiger partial charge in [0.05, 0.1) is 12.6 Å². The maximum Gasteiger partial charge on any atom is 0.329 e. The second-order valence-corrected chi connectivity index (χ2v) is 9.18. The van der Waals surface area contributed by atoms with Crippen LogP contribution in [0.4, 0.5) is 0 Å². The van der Waals surface area contributed by atoms with Gasteiger partial charge in [-0.3, -0.25) is 14.9 Å². The van der Waals surface area contributed by atoms with Crippen LogP contribution in [0.15, 0.2) is 30.3 Å². The van der Waals surface area contributed by atoms with Gasteiger partial charge in [-0.1, -0.05) is 56.5 Å². The number of carbonyl (C=O) groups excluding carboxylic acids is 3. The Hall–Kier alpha value is -2.41. The van der Waals surface area contributed by atoms with E-state index in [1.165, 1.54) is 0 Å². The summed E-state index contributed by atoms with van der Waals surface area (Å²) in [6.07, 6.45) is 6.14. The minimum Gasteiger partial charge on any atom is -0.465 e. The van der Waals surface area contributed by atoms with Crippen LogP contribution in [-0.4, -0.2) is 53.5 Å². The van der Waals surface area contributed by atoms with Gasteiger partial charge in [0.15, 0.2) is 0 Å². The molecule has 1 aromatic rings. The SMILES string of the molecule is CCC[C@H](N[C@@H](C)C(=O)N1[C@@H](C(=O)OCc2ccccc2)C[C@@H]2CCCC[C@@H]21)C(=O)OCC. The molecule has 33 heavy (non-hydrogen) atoms. The van der Waals surface area contributed by atoms with Crippen LogP contribution in [-0.2, 0) is 30.5 Å². The molecule has 7 nitrogen and oxygen atoms in total. The Bertz CT molecular complexity index is 799. The summed E-state index contributed by atoms with van der Waals surface area (Å²) in [4.78, 5) is 40.8. The van der Waals surface area contributed by atoms with Crippen LogP contribution >= 0.6 is 0 Å². The number of esters is 2. The number of ether oxygens (including phenoxy) is 2. The highest BCUT2D eigenvalue weighted by Crippen LogP contribution is 2.40. The molecule has 1 amide bonds. The predicted molar refractivity (Wildman–Crippen MR) is 125 cm³/mol. The standard InChI is InChI=1S/C26H38N2O5/c1-4-11-21(25(30)32-5-2)27-18(3)24(29)28-22-15-10-9-14-20(22)16-23(28)26(31)33-17-19-12-7-6-8-13-19/h6-8,12-13,18,20-23,27H,4-5,9-11,14-17H2,1-3H3/t18-,20-,21-,22-,23+/m0/s1. The van der Waals surface area contributed by atoms with Gasteiger partial charge >= 0.3 is 11.9 Å². The molecular formula is C26H38N2O5. The van der Waals surface area contributed by atoms with Gasteiger partial charge < -0.3 is 14.4 Å². The summed E-state index contributed by atoms with van der Waals surface area (Å²) in [5, 5.41) is 3.17. The molecule has 1 aromatic carbocycles. The molecule has 0 spiro atoms. The molecular weight excluding hydrogens is 420 g/mol. The van der Waals surface area contributed by atoms with Crippen LogP contribution in [0, 0.1) is 5.92 Å². The van der Waals surface area contributed by atoms with Gasteiger partial charge in [0, 0.05) is 6.04 Å². The number of benzene rings is 1. The van der Waals surface area contributed by atoms with E-state index in [2.05, 4.69) is 5.32 Å². The molecule has 0 aromatic heterocycles. The minimum atomic E-state index is -0.601. The van der Waals surface area contributed by atoms with Crippen molar-refractivity contribution in [2.75, 3.05) is 6.61 Å². The number of likely N-dealkylation sites (tertiary alicyclic amines) is 1. The van der Waals surface area contributed by atoms with E-state index in [0.717, 1.165) is 37.7 Å². The number of fused-ring (bicyclic) bond motifs is 1. The molecule has 2 aliphatic rings. The van der Waals surface area contributed by atoms with Gasteiger partial charge in [0.25, 0.3) is 0 Å². The second-order valence-electron chi connectivity index (χ2n) is 9.18. The summed E-state index contributed by atoms with van der Waals surface area (Å²) in [7, 11) is 0. The molecule has 0 unspecified atom stereocenters. The summed E-state index contributed by atoms with van der Waals surface area (Å²) < 4.78 is 10.8. The van der Waals surface area contributed by atoms with Crippen molar-refractivity contribution < 1.29 is 23.9 Å². The lowest BCUT2D eigenvalue weighted by Crippen LogP contribution is -2.55. The Morgan fingerprint density at radius 2 is 1.82 bits per heavy atom. The molecule has 1 aliphatic carbocycles. The number of rotatable bonds is 10. The average molecular weight is 459 g/mol. The third-order valence-corrected chi connectivity index (χ3v) is 6.81. The van der Waals surface area contributed by atoms with Crippen LogP contribution in [0.25, 0.3) is 0 Å². The molecule has 5 atom stereocenters. The Labute approximate surface area is 197 Å². The first-order valence-electron chi connectivity index (χ1n) is 12.4. The van der Waals surface area contributed by atoms with Crippen molar-refractivity contribution in [1.29, 1.82) is 0 Å². The molecule has 1 aliphatic heterocycles. The van der Waals surface area contributed by atoms with Crippen LogP contribution < -0.4 is 5.32 Å². The van der Waals surface area contributed by atoms with Gasteiger partial charge in [0.1, 0.15) is 18.7 Å². The first-order chi connectivity index (χ1) is 16.0. The zero-order chi connectivity index (χ0) is 23.8. The summed E-state index contributed by atoms with van der Waals surface area (Å²) in [5.41, 5.74) is 0.922. The smallest absolute Gasteiger partial charge is 0.329 e. The van der Waals surface area contributed by atoms with Gasteiger partial charge in [0.2, 0.25) is 5.91 Å². The van der Waals surface area contributed by atoms with Gasteiger partial charge in [-0.25, -0.2) is 4.79 Å². The number of hydrogen-bond donors (Lipinski definition) is 1. The molecule has 1 heterocycles. The highest BCUT2D eigenvalue weighted by Gasteiger charge is 2.49. The van der Waals surface area contributed by atoms with Crippen LogP contribution in [0.2, 0.25) is 0 Å². The lowest BCUT2D eigenvalue weighted by atomic mass is 9.84. The van der Waals surface area contributed by atoms with E-state index < -0.39 is 18.1 Å². The zero-order valence-electron chi connectivity index (χ0n) is 20.1. The molecule has 0 radical (unpaired) electrons. The second kappa shape index (κ2) is 12.2. The van der Waals surface area contributed by atoms with E-state index in [4.69, 9.17) is 9.47 Å². The fraction of sp³-hybridized carbons (Fsp3) is 0.654. The summed E-state index contributed by atoms with van der Waals surface area (Å²) in [6, 6.07) is 7.91. The molecule has 3 rings (SSSR count). The first kappa shape index (κ1) is 25.2. The van der Waals surface area contributed by atoms with Crippen molar-refractivity contribution in [3.63, 3.8) is 0 Å². The summed E-state index contributed by atoms with van der Waals surface area (Å²) in [6.45, 7) is 6.03. The summed E-state index contributed by atoms with van der Waals surface area (Å²) in [5.74, 6) is -0.503. The van der Waals surface area contributed by atoms with Gasteiger partial charge in [-0.2, -0.15) is 0 Å². The number of nitrogens with one attached hydrogen (secondary N) is 1. The highest BCUT2D eigenvalue weighted by atomic mass is 16.5. The molecule has 1 saturated carbocycles. The fourth-order valence-electron chi connectivity index (χ4n) is 5.21. The Morgan fingerprint density at radius 1 is 1.09 bits per heavy atom. The third-order valence-electron chi connectivity index (χ3n) is 6.81. The van der Waals surface area contributed by atoms with Gasteiger partial charge in [-0.05, 0) is 51.0 Å². The van der Waals surface area contributed by atoms with Crippen molar-refractivity contribution in [3.05, 3.63) is 35.9 Å². The molecule has 2 fully saturated rings. The number of hydrogen-bond acceptors (Lipinski definition) is 6. The molecule has 1 N–H and O–H groups in total. The molecule has 182 valence electrons. The lowest BCUT2D eigenvalue weighted by molar-refractivity contribution is -0.157. The van der Waals surface area contributed by atoms with Crippen molar-refractivity contribution in [2.24, 2.45) is 5.92 Å². The maximum absolute atomic E-state index is 13.6. The number of amides is 1. The fourth-order valence-corrected chi connectivity index (χ4v) is 5.21. The Morgan fingerprint density at radius 3 is 2.52 bits per heavy atom. The molecule has 0 bridgehead atoms. The topological polar surface area (TPSA) is 84.9 Å². The quantitative estimate of drug-likeness (QED) is 0.539. The maximum atomic E-state index is 13.6. The van der Waals surface area contributed by atoms with Gasteiger partial charge in [-0.15, -0.1) is 0 Å². The van der Waals surface area contributed by atoms with Crippen molar-refractivity contribution in [3.8, 4) is 0 Å². The lowest BCUT2D eigenvalue weighted by Gasteiger charge is -2.35. The van der Waals surface area contributed by atoms with Crippen LogP contribution in [0.3, 0.4) is 0 Å². The van der Waals surface area contributed by atoms with E-state index in [-0.39, 0.29) is 30.5 Å². The Kier molecular flexibility index (Phi) is 9.30. The number of nitrogens with zero attached hydrogens (tertiary/aromatic N) is 1.